The second-order valence-corrected chi connectivity index (χ2v) is 11.0. The first kappa shape index (κ1) is 24.1. The molecule has 0 aromatic heterocycles. The van der Waals surface area contributed by atoms with Crippen LogP contribution in [-0.2, 0) is 16.2 Å². The highest BCUT2D eigenvalue weighted by Gasteiger charge is 2.67. The monoisotopic (exact) mass is 613 g/mol. The third-order valence-corrected chi connectivity index (χ3v) is 8.63. The lowest BCUT2D eigenvalue weighted by molar-refractivity contribution is -0.384. The van der Waals surface area contributed by atoms with Gasteiger partial charge < -0.3 is 9.47 Å². The molecule has 0 unspecified atom stereocenters. The minimum Gasteiger partial charge on any atom is -0.490 e. The third kappa shape index (κ3) is 4.11. The number of allylic oxidation sites excluding steroid dienone is 2. The second-order valence-electron chi connectivity index (χ2n) is 9.86. The molecule has 10 heteroatoms. The number of nitro benzene ring substituents is 1. The zero-order chi connectivity index (χ0) is 25.8. The van der Waals surface area contributed by atoms with Crippen LogP contribution >= 0.6 is 22.6 Å². The van der Waals surface area contributed by atoms with Crippen molar-refractivity contribution in [2.45, 2.75) is 20.0 Å². The summed E-state index contributed by atoms with van der Waals surface area (Å²) in [4.78, 5) is 36.8. The maximum atomic E-state index is 13.2. The van der Waals surface area contributed by atoms with Gasteiger partial charge in [0.1, 0.15) is 6.61 Å². The van der Waals surface area contributed by atoms with E-state index in [1.54, 1.807) is 18.2 Å². The van der Waals surface area contributed by atoms with E-state index in [0.29, 0.717) is 35.5 Å². The van der Waals surface area contributed by atoms with Gasteiger partial charge in [-0.05, 0) is 95.0 Å². The van der Waals surface area contributed by atoms with Gasteiger partial charge in [0.15, 0.2) is 11.5 Å². The fourth-order valence-electron chi connectivity index (χ4n) is 6.11. The Morgan fingerprint density at radius 1 is 1.08 bits per heavy atom. The number of amides is 2. The summed E-state index contributed by atoms with van der Waals surface area (Å²) in [5.41, 5.74) is 1.48. The Morgan fingerprint density at radius 3 is 2.32 bits per heavy atom. The molecule has 190 valence electrons. The van der Waals surface area contributed by atoms with E-state index in [2.05, 4.69) is 39.8 Å². The maximum absolute atomic E-state index is 13.2. The van der Waals surface area contributed by atoms with Crippen molar-refractivity contribution in [2.24, 2.45) is 40.6 Å². The van der Waals surface area contributed by atoms with Gasteiger partial charge >= 0.3 is 0 Å². The van der Waals surface area contributed by atoms with E-state index in [0.717, 1.165) is 20.6 Å². The topological polar surface area (TPSA) is 111 Å². The molecule has 6 atom stereocenters. The predicted octanol–water partition coefficient (Wildman–Crippen LogP) is 4.56. The first-order valence-electron chi connectivity index (χ1n) is 12.3. The molecular formula is C27H24IN3O6. The molecule has 5 aliphatic rings. The van der Waals surface area contributed by atoms with Crippen molar-refractivity contribution in [3.63, 3.8) is 0 Å². The zero-order valence-corrected chi connectivity index (χ0v) is 22.1. The minimum atomic E-state index is -0.443. The number of carbonyl (C=O) groups is 2. The summed E-state index contributed by atoms with van der Waals surface area (Å²) in [5, 5.41) is 16.3. The molecule has 0 N–H and O–H groups in total. The number of non-ortho nitro benzene ring substituents is 1. The van der Waals surface area contributed by atoms with Crippen molar-refractivity contribution in [2.75, 3.05) is 6.61 Å². The molecule has 1 saturated heterocycles. The van der Waals surface area contributed by atoms with Crippen molar-refractivity contribution in [3.8, 4) is 11.5 Å². The van der Waals surface area contributed by atoms with Crippen LogP contribution in [-0.4, -0.2) is 34.6 Å². The average molecular weight is 613 g/mol. The van der Waals surface area contributed by atoms with E-state index < -0.39 is 4.92 Å². The normalized spacial score (nSPS) is 29.0. The van der Waals surface area contributed by atoms with E-state index >= 15 is 0 Å². The Kier molecular flexibility index (Phi) is 6.01. The quantitative estimate of drug-likeness (QED) is 0.108. The first-order chi connectivity index (χ1) is 17.9. The summed E-state index contributed by atoms with van der Waals surface area (Å²) in [6.45, 7) is 2.48. The molecule has 0 radical (unpaired) electrons. The van der Waals surface area contributed by atoms with Crippen LogP contribution in [0.15, 0.2) is 53.7 Å². The molecule has 1 aliphatic heterocycles. The number of hydrogen-bond donors (Lipinski definition) is 0. The Morgan fingerprint density at radius 2 is 1.73 bits per heavy atom. The summed E-state index contributed by atoms with van der Waals surface area (Å²) < 4.78 is 12.6. The highest BCUT2D eigenvalue weighted by atomic mass is 127. The number of halogens is 1. The van der Waals surface area contributed by atoms with Crippen LogP contribution in [0.4, 0.5) is 5.69 Å². The molecule has 7 rings (SSSR count). The fraction of sp³-hybridized carbons (Fsp3) is 0.370. The number of ether oxygens (including phenoxy) is 2. The Balaban J connectivity index is 1.19. The van der Waals surface area contributed by atoms with Gasteiger partial charge in [-0.1, -0.05) is 12.2 Å². The van der Waals surface area contributed by atoms with Gasteiger partial charge in [-0.25, -0.2) is 0 Å². The predicted molar refractivity (Wildman–Crippen MR) is 142 cm³/mol. The van der Waals surface area contributed by atoms with Crippen molar-refractivity contribution in [1.29, 1.82) is 0 Å². The van der Waals surface area contributed by atoms with Crippen LogP contribution in [0.25, 0.3) is 0 Å². The summed E-state index contributed by atoms with van der Waals surface area (Å²) in [7, 11) is 0. The molecule has 4 aliphatic carbocycles. The van der Waals surface area contributed by atoms with Crippen LogP contribution in [0.3, 0.4) is 0 Å². The number of imide groups is 1. The van der Waals surface area contributed by atoms with E-state index in [1.807, 2.05) is 13.0 Å². The minimum absolute atomic E-state index is 0.0203. The summed E-state index contributed by atoms with van der Waals surface area (Å²) >= 11 is 2.14. The second kappa shape index (κ2) is 9.23. The van der Waals surface area contributed by atoms with E-state index in [9.17, 15) is 19.7 Å². The number of carbonyl (C=O) groups excluding carboxylic acids is 2. The van der Waals surface area contributed by atoms with Crippen molar-refractivity contribution >= 4 is 46.3 Å². The van der Waals surface area contributed by atoms with Crippen molar-refractivity contribution in [1.82, 2.24) is 5.01 Å². The van der Waals surface area contributed by atoms with Crippen LogP contribution in [0.5, 0.6) is 11.5 Å². The summed E-state index contributed by atoms with van der Waals surface area (Å²) in [5.74, 6) is 1.51. The fourth-order valence-corrected chi connectivity index (χ4v) is 6.90. The molecule has 2 amide bonds. The number of nitro groups is 1. The van der Waals surface area contributed by atoms with E-state index in [1.165, 1.54) is 18.3 Å². The first-order valence-corrected chi connectivity index (χ1v) is 13.4. The van der Waals surface area contributed by atoms with Gasteiger partial charge in [-0.2, -0.15) is 10.1 Å². The molecular weight excluding hydrogens is 589 g/mol. The van der Waals surface area contributed by atoms with Crippen LogP contribution in [0.1, 0.15) is 24.5 Å². The Hall–Kier alpha value is -3.28. The van der Waals surface area contributed by atoms with Crippen LogP contribution in [0, 0.1) is 49.2 Å². The molecule has 3 fully saturated rings. The SMILES string of the molecule is CCOc1cc(/C=N\N2C(=O)[C@@H]3[C@H]4C=C[C@@H]([C@@H]5C[C@H]45)[C@@H]3C2=O)cc(I)c1OCc1ccc([N+](=O)[O-])cc1. The molecule has 2 aromatic carbocycles. The molecule has 0 spiro atoms. The van der Waals surface area contributed by atoms with Crippen LogP contribution in [0.2, 0.25) is 0 Å². The smallest absolute Gasteiger partial charge is 0.269 e. The van der Waals surface area contributed by atoms with Gasteiger partial charge in [0.25, 0.3) is 17.5 Å². The standard InChI is InChI=1S/C27H24IN3O6/c1-2-36-22-10-15(9-21(28)25(22)37-13-14-3-5-16(6-4-14)31(34)35)12-29-30-26(32)23-17-7-8-18(20-11-19(17)20)24(23)27(30)33/h3-10,12,17-20,23-24H,2,11,13H2,1H3/b29-12-/t17-,18-,19-,20+,23-,24+/m0/s1. The lowest BCUT2D eigenvalue weighted by atomic mass is 9.63. The average Bonchev–Trinajstić information content (AvgIpc) is 3.67. The summed E-state index contributed by atoms with van der Waals surface area (Å²) in [6, 6.07) is 9.79. The van der Waals surface area contributed by atoms with Gasteiger partial charge in [0.2, 0.25) is 0 Å². The third-order valence-electron chi connectivity index (χ3n) is 7.82. The number of hydrogen-bond acceptors (Lipinski definition) is 7. The molecule has 1 heterocycles. The van der Waals surface area contributed by atoms with Gasteiger partial charge in [-0.3, -0.25) is 19.7 Å². The van der Waals surface area contributed by atoms with Crippen molar-refractivity contribution < 1.29 is 24.0 Å². The van der Waals surface area contributed by atoms with Gasteiger partial charge in [0, 0.05) is 12.1 Å². The number of rotatable bonds is 8. The van der Waals surface area contributed by atoms with E-state index in [-0.39, 0.29) is 47.8 Å². The number of hydrazone groups is 1. The lowest BCUT2D eigenvalue weighted by Crippen LogP contribution is -2.40. The number of nitrogens with zero attached hydrogens (tertiary/aromatic N) is 3. The van der Waals surface area contributed by atoms with E-state index in [4.69, 9.17) is 9.47 Å². The highest BCUT2D eigenvalue weighted by Crippen LogP contribution is 2.65. The molecule has 2 saturated carbocycles. The molecule has 9 nitrogen and oxygen atoms in total. The molecule has 2 aromatic rings. The van der Waals surface area contributed by atoms with Gasteiger partial charge in [-0.15, -0.1) is 0 Å². The molecule has 37 heavy (non-hydrogen) atoms. The zero-order valence-electron chi connectivity index (χ0n) is 20.0. The number of benzene rings is 2. The lowest BCUT2D eigenvalue weighted by Gasteiger charge is -2.37. The van der Waals surface area contributed by atoms with Crippen molar-refractivity contribution in [3.05, 3.63) is 73.4 Å². The van der Waals surface area contributed by atoms with Gasteiger partial charge in [0.05, 0.1) is 33.2 Å². The van der Waals surface area contributed by atoms with Crippen LogP contribution < -0.4 is 9.47 Å². The summed E-state index contributed by atoms with van der Waals surface area (Å²) in [6.07, 6.45) is 6.93. The Labute approximate surface area is 226 Å². The largest absolute Gasteiger partial charge is 0.490 e. The highest BCUT2D eigenvalue weighted by molar-refractivity contribution is 14.1. The Bertz CT molecular complexity index is 1320. The molecule has 2 bridgehead atoms. The maximum Gasteiger partial charge on any atom is 0.269 e.